The average Bonchev–Trinajstić information content (AvgIpc) is 3.03. The highest BCUT2D eigenvalue weighted by Crippen LogP contribution is 2.24. The fourth-order valence-corrected chi connectivity index (χ4v) is 5.39. The van der Waals surface area contributed by atoms with E-state index >= 15 is 0 Å². The highest BCUT2D eigenvalue weighted by molar-refractivity contribution is 5.99. The van der Waals surface area contributed by atoms with Crippen molar-refractivity contribution in [3.63, 3.8) is 0 Å². The van der Waals surface area contributed by atoms with E-state index in [1.165, 1.54) is 9.80 Å². The van der Waals surface area contributed by atoms with Gasteiger partial charge in [-0.3, -0.25) is 19.2 Å². The lowest BCUT2D eigenvalue weighted by atomic mass is 9.98. The molecule has 0 aliphatic carbocycles. The van der Waals surface area contributed by atoms with E-state index in [1.54, 1.807) is 55.6 Å². The van der Waals surface area contributed by atoms with Crippen LogP contribution in [0.1, 0.15) is 44.2 Å². The largest absolute Gasteiger partial charge is 0.497 e. The van der Waals surface area contributed by atoms with Gasteiger partial charge in [0, 0.05) is 24.3 Å². The molecule has 0 bridgehead atoms. The molecule has 2 atom stereocenters. The lowest BCUT2D eigenvalue weighted by molar-refractivity contribution is -0.155. The minimum Gasteiger partial charge on any atom is -0.497 e. The predicted molar refractivity (Wildman–Crippen MR) is 177 cm³/mol. The highest BCUT2D eigenvalue weighted by Gasteiger charge is 2.39. The Labute approximate surface area is 274 Å². The Morgan fingerprint density at radius 2 is 1.51 bits per heavy atom. The molecule has 4 N–H and O–H groups in total. The Hall–Kier alpha value is -5.39. The van der Waals surface area contributed by atoms with Crippen molar-refractivity contribution in [2.24, 2.45) is 5.92 Å². The summed E-state index contributed by atoms with van der Waals surface area (Å²) in [4.78, 5) is 67.2. The van der Waals surface area contributed by atoms with Crippen molar-refractivity contribution in [1.82, 2.24) is 15.1 Å². The van der Waals surface area contributed by atoms with Crippen molar-refractivity contribution in [2.75, 3.05) is 24.4 Å². The first-order valence-electron chi connectivity index (χ1n) is 15.4. The number of amides is 5. The molecule has 1 unspecified atom stereocenters. The van der Waals surface area contributed by atoms with Gasteiger partial charge in [0.2, 0.25) is 17.7 Å². The van der Waals surface area contributed by atoms with Gasteiger partial charge in [-0.05, 0) is 59.9 Å². The molecule has 3 aromatic carbocycles. The number of carboxylic acids is 1. The number of benzene rings is 3. The second-order valence-corrected chi connectivity index (χ2v) is 11.9. The molecule has 12 heteroatoms. The minimum atomic E-state index is -1.12. The quantitative estimate of drug-likeness (QED) is 0.214. The molecule has 4 rings (SSSR count). The molecule has 0 saturated carbocycles. The minimum absolute atomic E-state index is 0.0149. The molecular weight excluding hydrogens is 602 g/mol. The summed E-state index contributed by atoms with van der Waals surface area (Å²) in [5.41, 5.74) is 2.69. The summed E-state index contributed by atoms with van der Waals surface area (Å²) in [5.74, 6) is -1.49. The van der Waals surface area contributed by atoms with Gasteiger partial charge < -0.3 is 35.6 Å². The average molecular weight is 644 g/mol. The number of rotatable bonds is 13. The van der Waals surface area contributed by atoms with Crippen LogP contribution in [0.15, 0.2) is 78.9 Å². The van der Waals surface area contributed by atoms with E-state index in [1.807, 2.05) is 44.2 Å². The number of hydrogen-bond acceptors (Lipinski definition) is 6. The molecule has 1 fully saturated rings. The van der Waals surface area contributed by atoms with Crippen LogP contribution in [0, 0.1) is 5.92 Å². The molecule has 5 amide bonds. The fraction of sp³-hybridized carbons (Fsp3) is 0.343. The van der Waals surface area contributed by atoms with E-state index in [-0.39, 0.29) is 50.2 Å². The van der Waals surface area contributed by atoms with E-state index in [4.69, 9.17) is 4.74 Å². The monoisotopic (exact) mass is 643 g/mol. The van der Waals surface area contributed by atoms with Crippen molar-refractivity contribution in [3.8, 4) is 5.75 Å². The number of methoxy groups -OCH3 is 1. The zero-order valence-corrected chi connectivity index (χ0v) is 26.8. The maximum Gasteiger partial charge on any atom is 0.323 e. The Kier molecular flexibility index (Phi) is 11.9. The van der Waals surface area contributed by atoms with Gasteiger partial charge in [0.15, 0.2) is 0 Å². The number of carboxylic acid groups (broad SMARTS) is 1. The Balaban J connectivity index is 1.41. The van der Waals surface area contributed by atoms with Gasteiger partial charge in [0.25, 0.3) is 0 Å². The Bertz CT molecular complexity index is 1540. The maximum atomic E-state index is 14.0. The molecule has 47 heavy (non-hydrogen) atoms. The Morgan fingerprint density at radius 3 is 2.11 bits per heavy atom. The van der Waals surface area contributed by atoms with Gasteiger partial charge in [-0.2, -0.15) is 0 Å². The van der Waals surface area contributed by atoms with E-state index in [0.717, 1.165) is 5.56 Å². The van der Waals surface area contributed by atoms with Gasteiger partial charge in [-0.15, -0.1) is 0 Å². The van der Waals surface area contributed by atoms with Crippen LogP contribution in [0.25, 0.3) is 0 Å². The normalized spacial score (nSPS) is 15.1. The second-order valence-electron chi connectivity index (χ2n) is 11.9. The zero-order valence-electron chi connectivity index (χ0n) is 26.8. The summed E-state index contributed by atoms with van der Waals surface area (Å²) in [7, 11) is 1.56. The predicted octanol–water partition coefficient (Wildman–Crippen LogP) is 4.47. The first-order valence-corrected chi connectivity index (χ1v) is 15.4. The first kappa shape index (κ1) is 34.5. The molecule has 1 aliphatic heterocycles. The van der Waals surface area contributed by atoms with Gasteiger partial charge in [-0.1, -0.05) is 56.3 Å². The van der Waals surface area contributed by atoms with Crippen LogP contribution in [0.5, 0.6) is 5.75 Å². The van der Waals surface area contributed by atoms with Crippen LogP contribution >= 0.6 is 0 Å². The molecule has 0 aromatic heterocycles. The molecule has 248 valence electrons. The number of ether oxygens (including phenoxy) is 1. The molecule has 1 aliphatic rings. The number of aliphatic carboxylic acids is 1. The molecule has 3 aromatic rings. The summed E-state index contributed by atoms with van der Waals surface area (Å²) in [6, 6.07) is 20.9. The van der Waals surface area contributed by atoms with Crippen molar-refractivity contribution < 1.29 is 33.8 Å². The standard InChI is InChI=1S/C35H41N5O7/c1-23(2)17-30(38-31(41)18-24-9-13-27(14-10-24)37-35(46)36-26-7-5-4-6-8-26)34(45)40-22-39(32(42)19-28(40)20-33(43)44)21-25-11-15-29(47-3)16-12-25/h4-16,23,28,30H,17-22H2,1-3H3,(H,38,41)(H,43,44)(H2,36,37,46)/t28-,30?/m1/s1. The molecule has 12 nitrogen and oxygen atoms in total. The van der Waals surface area contributed by atoms with Crippen LogP contribution in [0.2, 0.25) is 0 Å². The lowest BCUT2D eigenvalue weighted by Gasteiger charge is -2.42. The Morgan fingerprint density at radius 1 is 0.894 bits per heavy atom. The molecule has 1 saturated heterocycles. The number of nitrogens with one attached hydrogen (secondary N) is 3. The molecular formula is C35H41N5O7. The third-order valence-electron chi connectivity index (χ3n) is 7.70. The van der Waals surface area contributed by atoms with E-state index in [0.29, 0.717) is 29.1 Å². The SMILES string of the molecule is COc1ccc(CN2CN(C(=O)C(CC(C)C)NC(=O)Cc3ccc(NC(=O)Nc4ccccc4)cc3)[C@@H](CC(=O)O)CC2=O)cc1. The van der Waals surface area contributed by atoms with Crippen molar-refractivity contribution in [1.29, 1.82) is 0 Å². The van der Waals surface area contributed by atoms with Crippen LogP contribution in [-0.2, 0) is 32.1 Å². The molecule has 0 spiro atoms. The smallest absolute Gasteiger partial charge is 0.323 e. The summed E-state index contributed by atoms with van der Waals surface area (Å²) >= 11 is 0. The first-order chi connectivity index (χ1) is 22.5. The number of para-hydroxylation sites is 1. The zero-order chi connectivity index (χ0) is 33.9. The maximum absolute atomic E-state index is 14.0. The summed E-state index contributed by atoms with van der Waals surface area (Å²) in [6.45, 7) is 3.98. The van der Waals surface area contributed by atoms with Crippen molar-refractivity contribution in [3.05, 3.63) is 90.0 Å². The summed E-state index contributed by atoms with van der Waals surface area (Å²) in [5, 5.41) is 17.9. The van der Waals surface area contributed by atoms with E-state index in [9.17, 15) is 29.1 Å². The van der Waals surface area contributed by atoms with Gasteiger partial charge in [-0.25, -0.2) is 4.79 Å². The third kappa shape index (κ3) is 10.3. The lowest BCUT2D eigenvalue weighted by Crippen LogP contribution is -2.60. The van der Waals surface area contributed by atoms with Gasteiger partial charge in [0.05, 0.1) is 32.7 Å². The number of hydrogen-bond donors (Lipinski definition) is 4. The molecule has 0 radical (unpaired) electrons. The van der Waals surface area contributed by atoms with Gasteiger partial charge in [0.1, 0.15) is 11.8 Å². The van der Waals surface area contributed by atoms with Gasteiger partial charge >= 0.3 is 12.0 Å². The number of anilines is 2. The van der Waals surface area contributed by atoms with Crippen LogP contribution in [-0.4, -0.2) is 70.5 Å². The van der Waals surface area contributed by atoms with E-state index in [2.05, 4.69) is 16.0 Å². The second kappa shape index (κ2) is 16.3. The third-order valence-corrected chi connectivity index (χ3v) is 7.70. The number of carbonyl (C=O) groups is 5. The number of carbonyl (C=O) groups excluding carboxylic acids is 4. The van der Waals surface area contributed by atoms with Crippen LogP contribution in [0.3, 0.4) is 0 Å². The topological polar surface area (TPSA) is 157 Å². The molecule has 1 heterocycles. The van der Waals surface area contributed by atoms with Crippen molar-refractivity contribution in [2.45, 2.75) is 58.2 Å². The van der Waals surface area contributed by atoms with Crippen LogP contribution in [0.4, 0.5) is 16.2 Å². The number of urea groups is 1. The number of nitrogens with zero attached hydrogens (tertiary/aromatic N) is 2. The summed E-state index contributed by atoms with van der Waals surface area (Å²) < 4.78 is 5.20. The fourth-order valence-electron chi connectivity index (χ4n) is 5.39. The van der Waals surface area contributed by atoms with Crippen LogP contribution < -0.4 is 20.7 Å². The van der Waals surface area contributed by atoms with E-state index < -0.39 is 30.0 Å². The highest BCUT2D eigenvalue weighted by atomic mass is 16.5. The summed E-state index contributed by atoms with van der Waals surface area (Å²) in [6.07, 6.45) is -0.216. The van der Waals surface area contributed by atoms with Crippen molar-refractivity contribution >= 4 is 41.1 Å².